The lowest BCUT2D eigenvalue weighted by atomic mass is 9.99. The second-order valence-electron chi connectivity index (χ2n) is 12.0. The number of fused-ring (bicyclic) bond motifs is 2. The van der Waals surface area contributed by atoms with Crippen LogP contribution < -0.4 is 0 Å². The van der Waals surface area contributed by atoms with Crippen molar-refractivity contribution in [1.29, 1.82) is 0 Å². The van der Waals surface area contributed by atoms with Gasteiger partial charge in [-0.05, 0) is 58.7 Å². The van der Waals surface area contributed by atoms with Crippen molar-refractivity contribution in [2.24, 2.45) is 0 Å². The molecule has 4 heterocycles. The second-order valence-corrected chi connectivity index (χ2v) is 12.0. The molecule has 0 aliphatic rings. The largest absolute Gasteiger partial charge is 0.256 e. The second kappa shape index (κ2) is 12.6. The van der Waals surface area contributed by atoms with Crippen molar-refractivity contribution in [1.82, 2.24) is 29.9 Å². The first kappa shape index (κ1) is 29.2. The average Bonchev–Trinajstić information content (AvgIpc) is 3.21. The third kappa shape index (κ3) is 5.55. The molecular formula is C44H28N6. The quantitative estimate of drug-likeness (QED) is 0.180. The number of rotatable bonds is 6. The molecule has 5 aromatic carbocycles. The molecular weight excluding hydrogens is 613 g/mol. The molecule has 0 bridgehead atoms. The van der Waals surface area contributed by atoms with Crippen LogP contribution in [0.15, 0.2) is 170 Å². The fourth-order valence-electron chi connectivity index (χ4n) is 6.38. The zero-order chi connectivity index (χ0) is 33.3. The number of benzene rings is 5. The summed E-state index contributed by atoms with van der Waals surface area (Å²) in [6.07, 6.45) is 5.52. The van der Waals surface area contributed by atoms with Crippen molar-refractivity contribution in [3.05, 3.63) is 170 Å². The average molecular weight is 641 g/mol. The van der Waals surface area contributed by atoms with Crippen LogP contribution in [0.2, 0.25) is 0 Å². The van der Waals surface area contributed by atoms with Gasteiger partial charge in [0.25, 0.3) is 0 Å². The molecule has 0 saturated heterocycles. The Labute approximate surface area is 288 Å². The highest BCUT2D eigenvalue weighted by molar-refractivity contribution is 5.95. The van der Waals surface area contributed by atoms with Gasteiger partial charge in [0.15, 0.2) is 17.5 Å². The van der Waals surface area contributed by atoms with Gasteiger partial charge in [-0.3, -0.25) is 15.0 Å². The molecule has 9 rings (SSSR count). The van der Waals surface area contributed by atoms with E-state index in [4.69, 9.17) is 15.0 Å². The van der Waals surface area contributed by atoms with E-state index in [1.807, 2.05) is 79.1 Å². The Bertz CT molecular complexity index is 2470. The lowest BCUT2D eigenvalue weighted by molar-refractivity contribution is 1.07. The maximum Gasteiger partial charge on any atom is 0.164 e. The molecule has 0 aliphatic heterocycles. The van der Waals surface area contributed by atoms with Crippen molar-refractivity contribution in [3.63, 3.8) is 0 Å². The van der Waals surface area contributed by atoms with Crippen LogP contribution in [0, 0.1) is 0 Å². The molecule has 0 saturated carbocycles. The van der Waals surface area contributed by atoms with Crippen LogP contribution in [-0.2, 0) is 0 Å². The molecule has 0 radical (unpaired) electrons. The maximum absolute atomic E-state index is 5.02. The first-order valence-electron chi connectivity index (χ1n) is 16.4. The number of pyridine rings is 3. The van der Waals surface area contributed by atoms with Gasteiger partial charge in [0, 0.05) is 51.6 Å². The van der Waals surface area contributed by atoms with Crippen molar-refractivity contribution < 1.29 is 0 Å². The van der Waals surface area contributed by atoms with Gasteiger partial charge in [0.05, 0.1) is 16.7 Å². The minimum absolute atomic E-state index is 0.603. The molecule has 0 unspecified atom stereocenters. The Morgan fingerprint density at radius 2 is 0.680 bits per heavy atom. The molecule has 50 heavy (non-hydrogen) atoms. The lowest BCUT2D eigenvalue weighted by Gasteiger charge is -2.11. The van der Waals surface area contributed by atoms with Gasteiger partial charge >= 0.3 is 0 Å². The van der Waals surface area contributed by atoms with Crippen LogP contribution in [0.25, 0.3) is 89.5 Å². The molecule has 0 fully saturated rings. The van der Waals surface area contributed by atoms with E-state index in [-0.39, 0.29) is 0 Å². The molecule has 4 aromatic heterocycles. The number of aromatic nitrogens is 6. The monoisotopic (exact) mass is 640 g/mol. The van der Waals surface area contributed by atoms with Crippen LogP contribution in [0.3, 0.4) is 0 Å². The lowest BCUT2D eigenvalue weighted by Crippen LogP contribution is -2.00. The molecule has 0 amide bonds. The highest BCUT2D eigenvalue weighted by Crippen LogP contribution is 2.32. The van der Waals surface area contributed by atoms with E-state index in [0.717, 1.165) is 72.0 Å². The smallest absolute Gasteiger partial charge is 0.164 e. The summed E-state index contributed by atoms with van der Waals surface area (Å²) < 4.78 is 0. The van der Waals surface area contributed by atoms with Gasteiger partial charge in [-0.2, -0.15) is 0 Å². The van der Waals surface area contributed by atoms with Gasteiger partial charge < -0.3 is 0 Å². The van der Waals surface area contributed by atoms with Crippen LogP contribution in [-0.4, -0.2) is 29.9 Å². The summed E-state index contributed by atoms with van der Waals surface area (Å²) >= 11 is 0. The number of para-hydroxylation sites is 2. The Kier molecular flexibility index (Phi) is 7.37. The molecule has 0 aliphatic carbocycles. The first-order chi connectivity index (χ1) is 24.8. The van der Waals surface area contributed by atoms with Crippen molar-refractivity contribution >= 4 is 21.8 Å². The topological polar surface area (TPSA) is 77.3 Å². The van der Waals surface area contributed by atoms with E-state index >= 15 is 0 Å². The highest BCUT2D eigenvalue weighted by atomic mass is 15.0. The van der Waals surface area contributed by atoms with Gasteiger partial charge in [-0.25, -0.2) is 15.0 Å². The van der Waals surface area contributed by atoms with E-state index in [2.05, 4.69) is 99.9 Å². The molecule has 234 valence electrons. The minimum atomic E-state index is 0.603. The summed E-state index contributed by atoms with van der Waals surface area (Å²) in [7, 11) is 0. The number of nitrogens with zero attached hydrogens (tertiary/aromatic N) is 6. The zero-order valence-electron chi connectivity index (χ0n) is 26.8. The van der Waals surface area contributed by atoms with Crippen LogP contribution in [0.5, 0.6) is 0 Å². The molecule has 0 spiro atoms. The minimum Gasteiger partial charge on any atom is -0.256 e. The van der Waals surface area contributed by atoms with E-state index in [1.165, 1.54) is 0 Å². The van der Waals surface area contributed by atoms with E-state index in [1.54, 1.807) is 6.20 Å². The summed E-state index contributed by atoms with van der Waals surface area (Å²) in [5.74, 6) is 1.81. The summed E-state index contributed by atoms with van der Waals surface area (Å²) in [5, 5.41) is 2.23. The van der Waals surface area contributed by atoms with E-state index < -0.39 is 0 Å². The standard InChI is InChI=1S/C44H28N6/c1-3-10-40-37(7-1)35(24-27-46-40)29-12-18-32(19-13-29)42-48-43(50-44(49-42)34-22-16-31(17-23-34)39-9-5-6-26-45-39)33-20-14-30(15-21-33)36-25-28-47-41-11-4-2-8-38(36)41/h1-28H. The molecule has 9 aromatic rings. The van der Waals surface area contributed by atoms with Crippen LogP contribution in [0.1, 0.15) is 0 Å². The van der Waals surface area contributed by atoms with E-state index in [0.29, 0.717) is 17.5 Å². The third-order valence-corrected chi connectivity index (χ3v) is 8.95. The summed E-state index contributed by atoms with van der Waals surface area (Å²) in [6, 6.07) is 51.4. The Balaban J connectivity index is 1.12. The Morgan fingerprint density at radius 3 is 1.12 bits per heavy atom. The normalized spacial score (nSPS) is 11.2. The predicted molar refractivity (Wildman–Crippen MR) is 201 cm³/mol. The third-order valence-electron chi connectivity index (χ3n) is 8.95. The van der Waals surface area contributed by atoms with Crippen LogP contribution in [0.4, 0.5) is 0 Å². The van der Waals surface area contributed by atoms with Crippen molar-refractivity contribution in [2.45, 2.75) is 0 Å². The molecule has 6 heteroatoms. The van der Waals surface area contributed by atoms with Crippen molar-refractivity contribution in [3.8, 4) is 67.7 Å². The summed E-state index contributed by atoms with van der Waals surface area (Å²) in [5.41, 5.74) is 11.1. The van der Waals surface area contributed by atoms with Gasteiger partial charge in [0.1, 0.15) is 0 Å². The van der Waals surface area contributed by atoms with Gasteiger partial charge in [-0.15, -0.1) is 0 Å². The summed E-state index contributed by atoms with van der Waals surface area (Å²) in [6.45, 7) is 0. The highest BCUT2D eigenvalue weighted by Gasteiger charge is 2.14. The Hall–Kier alpha value is -6.92. The SMILES string of the molecule is c1ccc(-c2ccc(-c3nc(-c4ccc(-c5ccnc6ccccc56)cc4)nc(-c4ccc(-c5ccnc6ccccc56)cc4)n3)cc2)nc1. The van der Waals surface area contributed by atoms with Gasteiger partial charge in [-0.1, -0.05) is 115 Å². The summed E-state index contributed by atoms with van der Waals surface area (Å²) in [4.78, 5) is 28.6. The predicted octanol–water partition coefficient (Wildman–Crippen LogP) is 10.4. The van der Waals surface area contributed by atoms with E-state index in [9.17, 15) is 0 Å². The Morgan fingerprint density at radius 1 is 0.280 bits per heavy atom. The zero-order valence-corrected chi connectivity index (χ0v) is 26.8. The fourth-order valence-corrected chi connectivity index (χ4v) is 6.38. The molecule has 0 atom stereocenters. The van der Waals surface area contributed by atoms with Gasteiger partial charge in [0.2, 0.25) is 0 Å². The maximum atomic E-state index is 5.02. The number of hydrogen-bond donors (Lipinski definition) is 0. The first-order valence-corrected chi connectivity index (χ1v) is 16.4. The molecule has 6 nitrogen and oxygen atoms in total. The fraction of sp³-hybridized carbons (Fsp3) is 0. The molecule has 0 N–H and O–H groups in total. The number of hydrogen-bond acceptors (Lipinski definition) is 6. The van der Waals surface area contributed by atoms with Crippen LogP contribution >= 0.6 is 0 Å². The van der Waals surface area contributed by atoms with Crippen molar-refractivity contribution in [2.75, 3.05) is 0 Å².